The number of amides is 1. The normalized spacial score (nSPS) is 20.4. The summed E-state index contributed by atoms with van der Waals surface area (Å²) in [5.41, 5.74) is 0.711. The van der Waals surface area contributed by atoms with Crippen molar-refractivity contribution < 1.29 is 18.8 Å². The van der Waals surface area contributed by atoms with Gasteiger partial charge >= 0.3 is 5.97 Å². The maximum absolute atomic E-state index is 12.3. The number of aromatic nitrogens is 1. The Morgan fingerprint density at radius 3 is 3.00 bits per heavy atom. The summed E-state index contributed by atoms with van der Waals surface area (Å²) < 4.78 is 10.1. The number of carbonyl (C=O) groups is 2. The molecular formula is C15H23N3O4. The van der Waals surface area contributed by atoms with Crippen LogP contribution in [0.3, 0.4) is 0 Å². The van der Waals surface area contributed by atoms with Gasteiger partial charge in [-0.1, -0.05) is 5.16 Å². The zero-order valence-electron chi connectivity index (χ0n) is 13.3. The highest BCUT2D eigenvalue weighted by Gasteiger charge is 2.31. The SMILES string of the molecule is CCOC(=O)C1CCCN(C(C)C(=O)Nc2cc(C)no2)C1. The van der Waals surface area contributed by atoms with Gasteiger partial charge in [-0.2, -0.15) is 0 Å². The number of hydrogen-bond acceptors (Lipinski definition) is 6. The molecule has 0 aromatic carbocycles. The first kappa shape index (κ1) is 16.5. The maximum Gasteiger partial charge on any atom is 0.310 e. The summed E-state index contributed by atoms with van der Waals surface area (Å²) in [7, 11) is 0. The molecule has 1 aromatic heterocycles. The van der Waals surface area contributed by atoms with Crippen LogP contribution in [0.4, 0.5) is 5.88 Å². The highest BCUT2D eigenvalue weighted by atomic mass is 16.5. The minimum absolute atomic E-state index is 0.156. The average molecular weight is 309 g/mol. The van der Waals surface area contributed by atoms with Crippen molar-refractivity contribution >= 4 is 17.8 Å². The molecule has 2 heterocycles. The topological polar surface area (TPSA) is 84.7 Å². The third kappa shape index (κ3) is 4.07. The monoisotopic (exact) mass is 309 g/mol. The van der Waals surface area contributed by atoms with Crippen molar-refractivity contribution in [1.29, 1.82) is 0 Å². The van der Waals surface area contributed by atoms with Crippen LogP contribution in [-0.2, 0) is 14.3 Å². The lowest BCUT2D eigenvalue weighted by Gasteiger charge is -2.34. The number of likely N-dealkylation sites (tertiary alicyclic amines) is 1. The second-order valence-electron chi connectivity index (χ2n) is 5.58. The summed E-state index contributed by atoms with van der Waals surface area (Å²) in [5.74, 6) is -0.156. The van der Waals surface area contributed by atoms with E-state index in [0.717, 1.165) is 19.4 Å². The minimum atomic E-state index is -0.345. The lowest BCUT2D eigenvalue weighted by Crippen LogP contribution is -2.48. The predicted molar refractivity (Wildman–Crippen MR) is 80.3 cm³/mol. The van der Waals surface area contributed by atoms with Crippen LogP contribution in [0.1, 0.15) is 32.4 Å². The molecule has 0 aliphatic carbocycles. The summed E-state index contributed by atoms with van der Waals surface area (Å²) in [6, 6.07) is 1.32. The number of nitrogens with zero attached hydrogens (tertiary/aromatic N) is 2. The van der Waals surface area contributed by atoms with Gasteiger partial charge in [0.15, 0.2) is 0 Å². The molecule has 1 aliphatic rings. The fourth-order valence-corrected chi connectivity index (χ4v) is 2.62. The van der Waals surface area contributed by atoms with E-state index in [1.807, 2.05) is 11.8 Å². The predicted octanol–water partition coefficient (Wildman–Crippen LogP) is 1.59. The van der Waals surface area contributed by atoms with Crippen LogP contribution in [0.2, 0.25) is 0 Å². The lowest BCUT2D eigenvalue weighted by molar-refractivity contribution is -0.150. The number of nitrogens with one attached hydrogen (secondary N) is 1. The second-order valence-corrected chi connectivity index (χ2v) is 5.58. The molecule has 2 rings (SSSR count). The summed E-state index contributed by atoms with van der Waals surface area (Å²) in [6.45, 7) is 7.14. The Kier molecular flexibility index (Phi) is 5.54. The Labute approximate surface area is 130 Å². The molecule has 2 unspecified atom stereocenters. The molecule has 2 atom stereocenters. The van der Waals surface area contributed by atoms with Crippen LogP contribution in [0.15, 0.2) is 10.6 Å². The van der Waals surface area contributed by atoms with Crippen LogP contribution in [-0.4, -0.2) is 47.7 Å². The molecule has 22 heavy (non-hydrogen) atoms. The molecule has 1 amide bonds. The maximum atomic E-state index is 12.3. The largest absolute Gasteiger partial charge is 0.466 e. The van der Waals surface area contributed by atoms with E-state index in [0.29, 0.717) is 24.7 Å². The molecule has 1 fully saturated rings. The van der Waals surface area contributed by atoms with Crippen LogP contribution >= 0.6 is 0 Å². The molecular weight excluding hydrogens is 286 g/mol. The first-order valence-corrected chi connectivity index (χ1v) is 7.66. The highest BCUT2D eigenvalue weighted by Crippen LogP contribution is 2.20. The van der Waals surface area contributed by atoms with Gasteiger partial charge in [-0.15, -0.1) is 0 Å². The zero-order chi connectivity index (χ0) is 16.1. The molecule has 7 nitrogen and oxygen atoms in total. The Morgan fingerprint density at radius 2 is 2.36 bits per heavy atom. The van der Waals surface area contributed by atoms with Crippen LogP contribution < -0.4 is 5.32 Å². The number of carbonyl (C=O) groups excluding carboxylic acids is 2. The number of ether oxygens (including phenoxy) is 1. The van der Waals surface area contributed by atoms with E-state index in [1.54, 1.807) is 19.9 Å². The van der Waals surface area contributed by atoms with E-state index in [4.69, 9.17) is 9.26 Å². The fraction of sp³-hybridized carbons (Fsp3) is 0.667. The van der Waals surface area contributed by atoms with Gasteiger partial charge in [0.05, 0.1) is 24.3 Å². The standard InChI is InChI=1S/C15H23N3O4/c1-4-21-15(20)12-6-5-7-18(9-12)11(3)14(19)16-13-8-10(2)17-22-13/h8,11-12H,4-7,9H2,1-3H3,(H,16,19). The summed E-state index contributed by atoms with van der Waals surface area (Å²) in [5, 5.41) is 6.44. The number of piperidine rings is 1. The van der Waals surface area contributed by atoms with Gasteiger partial charge < -0.3 is 9.26 Å². The molecule has 1 aliphatic heterocycles. The molecule has 1 aromatic rings. The Bertz CT molecular complexity index is 529. The number of rotatable bonds is 5. The van der Waals surface area contributed by atoms with E-state index in [-0.39, 0.29) is 23.8 Å². The van der Waals surface area contributed by atoms with Crippen LogP contribution in [0, 0.1) is 12.8 Å². The van der Waals surface area contributed by atoms with Crippen molar-refractivity contribution in [1.82, 2.24) is 10.1 Å². The van der Waals surface area contributed by atoms with Crippen LogP contribution in [0.25, 0.3) is 0 Å². The van der Waals surface area contributed by atoms with E-state index in [1.165, 1.54) is 0 Å². The Balaban J connectivity index is 1.91. The van der Waals surface area contributed by atoms with Gasteiger partial charge in [0.25, 0.3) is 0 Å². The van der Waals surface area contributed by atoms with Crippen molar-refractivity contribution in [3.8, 4) is 0 Å². The van der Waals surface area contributed by atoms with Gasteiger partial charge in [0.2, 0.25) is 11.8 Å². The van der Waals surface area contributed by atoms with Crippen molar-refractivity contribution in [2.45, 2.75) is 39.7 Å². The average Bonchev–Trinajstić information content (AvgIpc) is 2.92. The highest BCUT2D eigenvalue weighted by molar-refractivity contribution is 5.93. The Morgan fingerprint density at radius 1 is 1.59 bits per heavy atom. The Hall–Kier alpha value is -1.89. The number of esters is 1. The summed E-state index contributed by atoms with van der Waals surface area (Å²) >= 11 is 0. The van der Waals surface area contributed by atoms with E-state index in [9.17, 15) is 9.59 Å². The second kappa shape index (κ2) is 7.40. The zero-order valence-corrected chi connectivity index (χ0v) is 13.3. The van der Waals surface area contributed by atoms with Crippen molar-refractivity contribution in [2.75, 3.05) is 25.0 Å². The molecule has 122 valence electrons. The quantitative estimate of drug-likeness (QED) is 0.831. The van der Waals surface area contributed by atoms with E-state index in [2.05, 4.69) is 10.5 Å². The van der Waals surface area contributed by atoms with Gasteiger partial charge in [0.1, 0.15) is 0 Å². The molecule has 0 bridgehead atoms. The van der Waals surface area contributed by atoms with Gasteiger partial charge in [-0.25, -0.2) is 0 Å². The number of aryl methyl sites for hydroxylation is 1. The van der Waals surface area contributed by atoms with Crippen molar-refractivity contribution in [3.05, 3.63) is 11.8 Å². The van der Waals surface area contributed by atoms with E-state index < -0.39 is 0 Å². The molecule has 0 saturated carbocycles. The first-order chi connectivity index (χ1) is 10.5. The number of anilines is 1. The smallest absolute Gasteiger partial charge is 0.310 e. The van der Waals surface area contributed by atoms with Gasteiger partial charge in [-0.05, 0) is 40.2 Å². The molecule has 1 saturated heterocycles. The summed E-state index contributed by atoms with van der Waals surface area (Å²) in [6.07, 6.45) is 1.69. The molecule has 1 N–H and O–H groups in total. The fourth-order valence-electron chi connectivity index (χ4n) is 2.62. The van der Waals surface area contributed by atoms with Crippen molar-refractivity contribution in [3.63, 3.8) is 0 Å². The van der Waals surface area contributed by atoms with Gasteiger partial charge in [0, 0.05) is 12.6 Å². The third-order valence-corrected chi connectivity index (χ3v) is 3.87. The van der Waals surface area contributed by atoms with Gasteiger partial charge in [-0.3, -0.25) is 19.8 Å². The third-order valence-electron chi connectivity index (χ3n) is 3.87. The summed E-state index contributed by atoms with van der Waals surface area (Å²) in [4.78, 5) is 26.1. The first-order valence-electron chi connectivity index (χ1n) is 7.66. The van der Waals surface area contributed by atoms with E-state index >= 15 is 0 Å². The van der Waals surface area contributed by atoms with Crippen molar-refractivity contribution in [2.24, 2.45) is 5.92 Å². The molecule has 0 spiro atoms. The van der Waals surface area contributed by atoms with Crippen LogP contribution in [0.5, 0.6) is 0 Å². The minimum Gasteiger partial charge on any atom is -0.466 e. The number of hydrogen-bond donors (Lipinski definition) is 1. The molecule has 7 heteroatoms. The lowest BCUT2D eigenvalue weighted by atomic mass is 9.97. The molecule has 0 radical (unpaired) electrons.